The topological polar surface area (TPSA) is 89.2 Å². The summed E-state index contributed by atoms with van der Waals surface area (Å²) in [7, 11) is -3.68. The Morgan fingerprint density at radius 2 is 2.10 bits per heavy atom. The van der Waals surface area contributed by atoms with Gasteiger partial charge in [-0.1, -0.05) is 5.16 Å². The van der Waals surface area contributed by atoms with Gasteiger partial charge in [-0.15, -0.1) is 0 Å². The van der Waals surface area contributed by atoms with Crippen molar-refractivity contribution in [2.24, 2.45) is 0 Å². The Kier molecular flexibility index (Phi) is 3.68. The van der Waals surface area contributed by atoms with Crippen molar-refractivity contribution in [1.29, 1.82) is 0 Å². The average molecular weight is 329 g/mol. The third-order valence-corrected chi connectivity index (χ3v) is 5.44. The van der Waals surface area contributed by atoms with Gasteiger partial charge in [-0.05, 0) is 31.4 Å². The van der Waals surface area contributed by atoms with E-state index in [4.69, 9.17) is 16.1 Å². The Morgan fingerprint density at radius 3 is 2.71 bits per heavy atom. The van der Waals surface area contributed by atoms with Crippen LogP contribution in [0.4, 0.5) is 0 Å². The molecular formula is C12H13ClN4O3S. The first-order chi connectivity index (χ1) is 9.98. The zero-order valence-electron chi connectivity index (χ0n) is 11.2. The SMILES string of the molecule is Cc1cc(C2CCCN2S(=O)(=O)c2cnc(Cl)nc2)on1. The molecule has 21 heavy (non-hydrogen) atoms. The van der Waals surface area contributed by atoms with Crippen molar-refractivity contribution < 1.29 is 12.9 Å². The maximum Gasteiger partial charge on any atom is 0.246 e. The molecule has 2 aromatic rings. The van der Waals surface area contributed by atoms with Gasteiger partial charge in [0.2, 0.25) is 15.3 Å². The predicted octanol–water partition coefficient (Wildman–Crippen LogP) is 1.95. The molecule has 3 rings (SSSR count). The first-order valence-electron chi connectivity index (χ1n) is 6.41. The lowest BCUT2D eigenvalue weighted by Gasteiger charge is -2.21. The minimum absolute atomic E-state index is 0.0118. The van der Waals surface area contributed by atoms with Gasteiger partial charge in [0.1, 0.15) is 4.90 Å². The fraction of sp³-hybridized carbons (Fsp3) is 0.417. The van der Waals surface area contributed by atoms with E-state index in [0.29, 0.717) is 18.7 Å². The summed E-state index contributed by atoms with van der Waals surface area (Å²) >= 11 is 5.59. The molecule has 0 spiro atoms. The average Bonchev–Trinajstić information content (AvgIpc) is 3.07. The normalized spacial score (nSPS) is 20.0. The second-order valence-electron chi connectivity index (χ2n) is 4.83. The summed E-state index contributed by atoms with van der Waals surface area (Å²) in [6, 6.07) is 1.42. The van der Waals surface area contributed by atoms with Crippen molar-refractivity contribution in [3.05, 3.63) is 35.2 Å². The van der Waals surface area contributed by atoms with Gasteiger partial charge in [0.05, 0.1) is 24.1 Å². The van der Waals surface area contributed by atoms with E-state index in [1.54, 1.807) is 13.0 Å². The summed E-state index contributed by atoms with van der Waals surface area (Å²) in [5, 5.41) is 3.84. The quantitative estimate of drug-likeness (QED) is 0.800. The highest BCUT2D eigenvalue weighted by atomic mass is 35.5. The number of halogens is 1. The van der Waals surface area contributed by atoms with Crippen LogP contribution in [0.1, 0.15) is 30.3 Å². The summed E-state index contributed by atoms with van der Waals surface area (Å²) in [6.07, 6.45) is 3.89. The molecule has 112 valence electrons. The van der Waals surface area contributed by atoms with Crippen molar-refractivity contribution >= 4 is 21.6 Å². The highest BCUT2D eigenvalue weighted by Gasteiger charge is 2.38. The van der Waals surface area contributed by atoms with Gasteiger partial charge in [0, 0.05) is 12.6 Å². The van der Waals surface area contributed by atoms with Crippen LogP contribution in [-0.2, 0) is 10.0 Å². The highest BCUT2D eigenvalue weighted by Crippen LogP contribution is 2.36. The van der Waals surface area contributed by atoms with Crippen LogP contribution in [0.25, 0.3) is 0 Å². The summed E-state index contributed by atoms with van der Waals surface area (Å²) in [4.78, 5) is 7.49. The summed E-state index contributed by atoms with van der Waals surface area (Å²) in [6.45, 7) is 2.23. The molecule has 0 N–H and O–H groups in total. The smallest absolute Gasteiger partial charge is 0.246 e. The molecular weight excluding hydrogens is 316 g/mol. The minimum Gasteiger partial charge on any atom is -0.359 e. The zero-order chi connectivity index (χ0) is 15.0. The molecule has 0 saturated carbocycles. The van der Waals surface area contributed by atoms with Crippen LogP contribution in [0, 0.1) is 6.92 Å². The van der Waals surface area contributed by atoms with Gasteiger partial charge in [0.15, 0.2) is 5.76 Å². The lowest BCUT2D eigenvalue weighted by atomic mass is 10.2. The molecule has 1 saturated heterocycles. The Morgan fingerprint density at radius 1 is 1.38 bits per heavy atom. The van der Waals surface area contributed by atoms with Crippen molar-refractivity contribution in [2.75, 3.05) is 6.54 Å². The second kappa shape index (κ2) is 5.36. The molecule has 0 amide bonds. The van der Waals surface area contributed by atoms with Crippen LogP contribution in [0.15, 0.2) is 27.9 Å². The van der Waals surface area contributed by atoms with Gasteiger partial charge in [-0.2, -0.15) is 4.31 Å². The standard InChI is InChI=1S/C12H13ClN4O3S/c1-8-5-11(20-16-8)10-3-2-4-17(10)21(18,19)9-6-14-12(13)15-7-9/h5-7,10H,2-4H2,1H3. The van der Waals surface area contributed by atoms with Crippen molar-refractivity contribution in [3.8, 4) is 0 Å². The van der Waals surface area contributed by atoms with E-state index in [2.05, 4.69) is 15.1 Å². The van der Waals surface area contributed by atoms with Crippen LogP contribution in [-0.4, -0.2) is 34.4 Å². The lowest BCUT2D eigenvalue weighted by molar-refractivity contribution is 0.297. The van der Waals surface area contributed by atoms with Crippen LogP contribution < -0.4 is 0 Å². The molecule has 9 heteroatoms. The van der Waals surface area contributed by atoms with Crippen LogP contribution >= 0.6 is 11.6 Å². The van der Waals surface area contributed by atoms with Crippen molar-refractivity contribution in [1.82, 2.24) is 19.4 Å². The first kappa shape index (κ1) is 14.4. The predicted molar refractivity (Wildman–Crippen MR) is 74.1 cm³/mol. The lowest BCUT2D eigenvalue weighted by Crippen LogP contribution is -2.30. The Balaban J connectivity index is 1.96. The summed E-state index contributed by atoms with van der Waals surface area (Å²) in [5.41, 5.74) is 0.726. The molecule has 1 aliphatic rings. The summed E-state index contributed by atoms with van der Waals surface area (Å²) in [5.74, 6) is 0.559. The van der Waals surface area contributed by atoms with Crippen molar-refractivity contribution in [2.45, 2.75) is 30.7 Å². The largest absolute Gasteiger partial charge is 0.359 e. The molecule has 1 atom stereocenters. The molecule has 1 unspecified atom stereocenters. The number of aryl methyl sites for hydroxylation is 1. The van der Waals surface area contributed by atoms with Crippen LogP contribution in [0.2, 0.25) is 5.28 Å². The van der Waals surface area contributed by atoms with E-state index in [9.17, 15) is 8.42 Å². The molecule has 0 bridgehead atoms. The van der Waals surface area contributed by atoms with Crippen molar-refractivity contribution in [3.63, 3.8) is 0 Å². The molecule has 7 nitrogen and oxygen atoms in total. The van der Waals surface area contributed by atoms with Crippen LogP contribution in [0.3, 0.4) is 0 Å². The van der Waals surface area contributed by atoms with E-state index in [-0.39, 0.29) is 16.2 Å². The van der Waals surface area contributed by atoms with Crippen LogP contribution in [0.5, 0.6) is 0 Å². The zero-order valence-corrected chi connectivity index (χ0v) is 12.8. The molecule has 3 heterocycles. The Labute approximate surface area is 127 Å². The molecule has 1 aliphatic heterocycles. The van der Waals surface area contributed by atoms with E-state index in [1.165, 1.54) is 16.7 Å². The minimum atomic E-state index is -3.68. The van der Waals surface area contributed by atoms with Gasteiger partial charge in [0.25, 0.3) is 0 Å². The molecule has 2 aromatic heterocycles. The molecule has 0 radical (unpaired) electrons. The number of hydrogen-bond acceptors (Lipinski definition) is 6. The molecule has 0 aromatic carbocycles. The van der Waals surface area contributed by atoms with Gasteiger partial charge >= 0.3 is 0 Å². The van der Waals surface area contributed by atoms with E-state index in [1.807, 2.05) is 0 Å². The number of hydrogen-bond donors (Lipinski definition) is 0. The van der Waals surface area contributed by atoms with E-state index < -0.39 is 10.0 Å². The number of nitrogens with zero attached hydrogens (tertiary/aromatic N) is 4. The number of sulfonamides is 1. The third kappa shape index (κ3) is 2.66. The maximum absolute atomic E-state index is 12.7. The third-order valence-electron chi connectivity index (χ3n) is 3.38. The summed E-state index contributed by atoms with van der Waals surface area (Å²) < 4.78 is 32.0. The highest BCUT2D eigenvalue weighted by molar-refractivity contribution is 7.89. The Hall–Kier alpha value is -1.51. The number of aromatic nitrogens is 3. The monoisotopic (exact) mass is 328 g/mol. The van der Waals surface area contributed by atoms with Gasteiger partial charge < -0.3 is 4.52 Å². The first-order valence-corrected chi connectivity index (χ1v) is 8.23. The Bertz CT molecular complexity index is 744. The van der Waals surface area contributed by atoms with E-state index in [0.717, 1.165) is 12.1 Å². The molecule has 0 aliphatic carbocycles. The number of rotatable bonds is 3. The second-order valence-corrected chi connectivity index (χ2v) is 7.06. The van der Waals surface area contributed by atoms with Gasteiger partial charge in [-0.3, -0.25) is 0 Å². The van der Waals surface area contributed by atoms with E-state index >= 15 is 0 Å². The fourth-order valence-corrected chi connectivity index (χ4v) is 4.08. The fourth-order valence-electron chi connectivity index (χ4n) is 2.42. The maximum atomic E-state index is 12.7. The van der Waals surface area contributed by atoms with Gasteiger partial charge in [-0.25, -0.2) is 18.4 Å². The molecule has 1 fully saturated rings.